The van der Waals surface area contributed by atoms with Crippen LogP contribution in [0.4, 0.5) is 0 Å². The minimum absolute atomic E-state index is 0.0318. The van der Waals surface area contributed by atoms with Gasteiger partial charge < -0.3 is 0 Å². The third-order valence-electron chi connectivity index (χ3n) is 2.58. The Hall–Kier alpha value is -1.23. The summed E-state index contributed by atoms with van der Waals surface area (Å²) >= 11 is 1.97. The molecule has 0 amide bonds. The average Bonchev–Trinajstić information content (AvgIpc) is 2.63. The molecule has 2 nitrogen and oxygen atoms in total. The van der Waals surface area contributed by atoms with Crippen LogP contribution in [0.3, 0.4) is 0 Å². The molecule has 1 aliphatic carbocycles. The molecule has 3 rings (SSSR count). The van der Waals surface area contributed by atoms with Gasteiger partial charge >= 0.3 is 0 Å². The molecular formula is C12H6INO. The summed E-state index contributed by atoms with van der Waals surface area (Å²) in [6.45, 7) is 0. The molecule has 3 heteroatoms. The predicted octanol–water partition coefficient (Wildman–Crippen LogP) is 2.84. The second-order valence-electron chi connectivity index (χ2n) is 3.44. The van der Waals surface area contributed by atoms with Gasteiger partial charge in [0.1, 0.15) is 3.72 Å². The molecule has 1 aliphatic heterocycles. The first-order valence-corrected chi connectivity index (χ1v) is 5.65. The van der Waals surface area contributed by atoms with Crippen LogP contribution in [0.15, 0.2) is 41.0 Å². The number of nitrogens with zero attached hydrogens (tertiary/aromatic N) is 1. The lowest BCUT2D eigenvalue weighted by atomic mass is 10.0. The van der Waals surface area contributed by atoms with Gasteiger partial charge in [0, 0.05) is 17.3 Å². The summed E-state index contributed by atoms with van der Waals surface area (Å²) in [7, 11) is 0. The van der Waals surface area contributed by atoms with Crippen molar-refractivity contribution in [1.82, 2.24) is 0 Å². The van der Waals surface area contributed by atoms with Crippen molar-refractivity contribution in [2.75, 3.05) is 0 Å². The number of halogens is 1. The van der Waals surface area contributed by atoms with Crippen LogP contribution < -0.4 is 0 Å². The van der Waals surface area contributed by atoms with Gasteiger partial charge in [0.25, 0.3) is 0 Å². The van der Waals surface area contributed by atoms with Crippen molar-refractivity contribution in [3.63, 3.8) is 0 Å². The summed E-state index contributed by atoms with van der Waals surface area (Å²) in [5, 5.41) is 0. The maximum absolute atomic E-state index is 11.8. The monoisotopic (exact) mass is 307 g/mol. The van der Waals surface area contributed by atoms with E-state index in [0.29, 0.717) is 3.72 Å². The van der Waals surface area contributed by atoms with Gasteiger partial charge in [0.05, 0.1) is 0 Å². The minimum atomic E-state index is 0.0318. The Morgan fingerprint density at radius 2 is 1.93 bits per heavy atom. The lowest BCUT2D eigenvalue weighted by Crippen LogP contribution is -2.12. The zero-order chi connectivity index (χ0) is 10.4. The van der Waals surface area contributed by atoms with Gasteiger partial charge in [-0.15, -0.1) is 0 Å². The number of ketones is 1. The first-order chi connectivity index (χ1) is 7.27. The summed E-state index contributed by atoms with van der Waals surface area (Å²) < 4.78 is 0.537. The van der Waals surface area contributed by atoms with Crippen molar-refractivity contribution in [2.24, 2.45) is 4.99 Å². The quantitative estimate of drug-likeness (QED) is 0.678. The van der Waals surface area contributed by atoms with Crippen LogP contribution in [0.25, 0.3) is 11.6 Å². The highest BCUT2D eigenvalue weighted by molar-refractivity contribution is 14.1. The Labute approximate surface area is 101 Å². The number of carbonyl (C=O) groups is 1. The van der Waals surface area contributed by atoms with Crippen LogP contribution in [-0.2, 0) is 4.79 Å². The molecule has 1 aromatic carbocycles. The van der Waals surface area contributed by atoms with E-state index in [9.17, 15) is 4.79 Å². The van der Waals surface area contributed by atoms with Crippen molar-refractivity contribution >= 4 is 43.7 Å². The number of hydrogen-bond donors (Lipinski definition) is 0. The van der Waals surface area contributed by atoms with E-state index < -0.39 is 0 Å². The number of allylic oxidation sites excluding steroid dienone is 2. The highest BCUT2D eigenvalue weighted by Crippen LogP contribution is 2.38. The molecule has 1 heterocycles. The maximum Gasteiger partial charge on any atom is 0.218 e. The number of hydrogen-bond acceptors (Lipinski definition) is 2. The van der Waals surface area contributed by atoms with Crippen molar-refractivity contribution in [3.05, 3.63) is 47.2 Å². The van der Waals surface area contributed by atoms with Crippen LogP contribution in [0.5, 0.6) is 0 Å². The van der Waals surface area contributed by atoms with Crippen LogP contribution >= 0.6 is 22.6 Å². The normalized spacial score (nSPS) is 17.7. The number of fused-ring (bicyclic) bond motifs is 3. The number of rotatable bonds is 0. The largest absolute Gasteiger partial charge is 0.286 e. The van der Waals surface area contributed by atoms with E-state index in [2.05, 4.69) is 4.99 Å². The molecule has 0 radical (unpaired) electrons. The van der Waals surface area contributed by atoms with Gasteiger partial charge in [0.2, 0.25) is 5.78 Å². The third-order valence-corrected chi connectivity index (χ3v) is 3.35. The molecule has 72 valence electrons. The van der Waals surface area contributed by atoms with Gasteiger partial charge in [-0.1, -0.05) is 24.3 Å². The van der Waals surface area contributed by atoms with Crippen LogP contribution in [-0.4, -0.2) is 9.50 Å². The SMILES string of the molecule is O=C1C2=Cc3ccccc3C2=CN=C1I. The van der Waals surface area contributed by atoms with E-state index in [1.807, 2.05) is 52.9 Å². The van der Waals surface area contributed by atoms with Crippen LogP contribution in [0, 0.1) is 0 Å². The zero-order valence-electron chi connectivity index (χ0n) is 7.70. The predicted molar refractivity (Wildman–Crippen MR) is 68.9 cm³/mol. The van der Waals surface area contributed by atoms with E-state index >= 15 is 0 Å². The summed E-state index contributed by atoms with van der Waals surface area (Å²) in [4.78, 5) is 15.9. The molecule has 0 fully saturated rings. The number of Topliss-reactive ketones (excluding diaryl/α,β-unsaturated/α-hetero) is 1. The van der Waals surface area contributed by atoms with E-state index in [4.69, 9.17) is 0 Å². The number of carbonyl (C=O) groups excluding carboxylic acids is 1. The molecule has 0 unspecified atom stereocenters. The minimum Gasteiger partial charge on any atom is -0.286 e. The van der Waals surface area contributed by atoms with Crippen molar-refractivity contribution in [2.45, 2.75) is 0 Å². The Kier molecular flexibility index (Phi) is 1.88. The Morgan fingerprint density at radius 1 is 1.13 bits per heavy atom. The summed E-state index contributed by atoms with van der Waals surface area (Å²) in [6, 6.07) is 7.99. The fraction of sp³-hybridized carbons (Fsp3) is 0. The molecule has 15 heavy (non-hydrogen) atoms. The smallest absolute Gasteiger partial charge is 0.218 e. The van der Waals surface area contributed by atoms with Gasteiger partial charge in [-0.25, -0.2) is 4.99 Å². The number of aliphatic imine (C=N–C) groups is 1. The standard InChI is InChI=1S/C12H6INO/c13-12-11(15)9-5-7-3-1-2-4-8(7)10(9)6-14-12/h1-6H. The van der Waals surface area contributed by atoms with Crippen molar-refractivity contribution in [3.8, 4) is 0 Å². The van der Waals surface area contributed by atoms with E-state index in [1.54, 1.807) is 6.20 Å². The van der Waals surface area contributed by atoms with E-state index in [1.165, 1.54) is 0 Å². The average molecular weight is 307 g/mol. The van der Waals surface area contributed by atoms with Crippen LogP contribution in [0.1, 0.15) is 11.1 Å². The Bertz CT molecular complexity index is 567. The van der Waals surface area contributed by atoms with Gasteiger partial charge in [-0.3, -0.25) is 4.79 Å². The summed E-state index contributed by atoms with van der Waals surface area (Å²) in [5.41, 5.74) is 3.94. The van der Waals surface area contributed by atoms with Gasteiger partial charge in [0.15, 0.2) is 0 Å². The summed E-state index contributed by atoms with van der Waals surface area (Å²) in [6.07, 6.45) is 3.72. The zero-order valence-corrected chi connectivity index (χ0v) is 9.86. The van der Waals surface area contributed by atoms with Gasteiger partial charge in [-0.05, 0) is 39.8 Å². The third kappa shape index (κ3) is 1.23. The van der Waals surface area contributed by atoms with E-state index in [0.717, 1.165) is 22.3 Å². The van der Waals surface area contributed by atoms with E-state index in [-0.39, 0.29) is 5.78 Å². The molecule has 0 aromatic heterocycles. The molecule has 0 bridgehead atoms. The highest BCUT2D eigenvalue weighted by Gasteiger charge is 2.28. The van der Waals surface area contributed by atoms with Crippen molar-refractivity contribution in [1.29, 1.82) is 0 Å². The lowest BCUT2D eigenvalue weighted by molar-refractivity contribution is -0.109. The summed E-state index contributed by atoms with van der Waals surface area (Å²) in [5.74, 6) is 0.0318. The second kappa shape index (κ2) is 3.13. The maximum atomic E-state index is 11.8. The molecule has 0 N–H and O–H groups in total. The molecule has 2 aliphatic rings. The van der Waals surface area contributed by atoms with Crippen molar-refractivity contribution < 1.29 is 4.79 Å². The number of benzene rings is 1. The fourth-order valence-corrected chi connectivity index (χ4v) is 2.29. The molecule has 0 saturated heterocycles. The molecule has 1 aromatic rings. The molecule has 0 spiro atoms. The Balaban J connectivity index is 2.26. The fourth-order valence-electron chi connectivity index (χ4n) is 1.86. The Morgan fingerprint density at radius 3 is 2.80 bits per heavy atom. The first kappa shape index (κ1) is 9.03. The topological polar surface area (TPSA) is 29.4 Å². The lowest BCUT2D eigenvalue weighted by Gasteiger charge is -2.08. The molecular weight excluding hydrogens is 301 g/mol. The van der Waals surface area contributed by atoms with Crippen LogP contribution in [0.2, 0.25) is 0 Å². The molecule has 0 saturated carbocycles. The highest BCUT2D eigenvalue weighted by atomic mass is 127. The van der Waals surface area contributed by atoms with Gasteiger partial charge in [-0.2, -0.15) is 0 Å². The second-order valence-corrected chi connectivity index (χ2v) is 4.46. The first-order valence-electron chi connectivity index (χ1n) is 4.57. The molecule has 0 atom stereocenters.